The molecule has 0 bridgehead atoms. The van der Waals surface area contributed by atoms with E-state index in [1.54, 1.807) is 0 Å². The number of nitrogens with two attached hydrogens (primary N) is 1. The number of anilines is 1. The molecule has 17 heavy (non-hydrogen) atoms. The minimum absolute atomic E-state index is 0.710. The predicted molar refractivity (Wildman–Crippen MR) is 72.7 cm³/mol. The zero-order valence-corrected chi connectivity index (χ0v) is 10.6. The number of hydrogen-bond acceptors (Lipinski definition) is 2. The summed E-state index contributed by atoms with van der Waals surface area (Å²) in [6.07, 6.45) is 3.84. The Labute approximate surface area is 107 Å². The molecule has 0 aliphatic carbocycles. The Balaban J connectivity index is 2.24. The first-order valence-electron chi connectivity index (χ1n) is 5.23. The third kappa shape index (κ3) is 1.80. The molecule has 84 valence electrons. The van der Waals surface area contributed by atoms with Crippen molar-refractivity contribution in [3.05, 3.63) is 53.3 Å². The molecule has 0 aliphatic heterocycles. The summed E-state index contributed by atoms with van der Waals surface area (Å²) in [6, 6.07) is 11.9. The molecule has 0 atom stereocenters. The summed E-state index contributed by atoms with van der Waals surface area (Å²) in [4.78, 5) is 4.58. The Kier molecular flexibility index (Phi) is 2.37. The van der Waals surface area contributed by atoms with E-state index in [1.165, 1.54) is 0 Å². The van der Waals surface area contributed by atoms with Crippen LogP contribution in [0, 0.1) is 0 Å². The van der Waals surface area contributed by atoms with Crippen molar-refractivity contribution < 1.29 is 0 Å². The summed E-state index contributed by atoms with van der Waals surface area (Å²) in [5, 5.41) is 0. The normalized spacial score (nSPS) is 10.9. The van der Waals surface area contributed by atoms with E-state index in [1.807, 2.05) is 53.2 Å². The summed E-state index contributed by atoms with van der Waals surface area (Å²) >= 11 is 3.47. The van der Waals surface area contributed by atoms with Crippen molar-refractivity contribution in [1.29, 1.82) is 0 Å². The van der Waals surface area contributed by atoms with Gasteiger partial charge in [0.15, 0.2) is 5.65 Å². The lowest BCUT2D eigenvalue weighted by molar-refractivity contribution is 1.18. The number of imidazole rings is 1. The van der Waals surface area contributed by atoms with Crippen LogP contribution in [0.15, 0.2) is 53.3 Å². The van der Waals surface area contributed by atoms with Crippen molar-refractivity contribution in [2.24, 2.45) is 0 Å². The second-order valence-corrected chi connectivity index (χ2v) is 4.70. The molecule has 2 aromatic heterocycles. The maximum absolute atomic E-state index is 5.79. The third-order valence-electron chi connectivity index (χ3n) is 2.60. The Bertz CT molecular complexity index is 674. The first kappa shape index (κ1) is 10.4. The van der Waals surface area contributed by atoms with Gasteiger partial charge in [-0.3, -0.25) is 0 Å². The van der Waals surface area contributed by atoms with Gasteiger partial charge in [-0.2, -0.15) is 0 Å². The Morgan fingerprint density at radius 2 is 1.88 bits per heavy atom. The zero-order chi connectivity index (χ0) is 11.8. The lowest BCUT2D eigenvalue weighted by Crippen LogP contribution is -1.90. The summed E-state index contributed by atoms with van der Waals surface area (Å²) < 4.78 is 2.83. The van der Waals surface area contributed by atoms with Crippen molar-refractivity contribution in [1.82, 2.24) is 9.38 Å². The van der Waals surface area contributed by atoms with Gasteiger partial charge in [0, 0.05) is 23.6 Å². The number of hydrogen-bond donors (Lipinski definition) is 1. The summed E-state index contributed by atoms with van der Waals surface area (Å²) in [7, 11) is 0. The number of pyridine rings is 1. The monoisotopic (exact) mass is 287 g/mol. The maximum atomic E-state index is 5.79. The molecule has 0 spiro atoms. The Morgan fingerprint density at radius 3 is 2.65 bits per heavy atom. The van der Waals surface area contributed by atoms with Crippen LogP contribution in [0.5, 0.6) is 0 Å². The molecule has 0 radical (unpaired) electrons. The summed E-state index contributed by atoms with van der Waals surface area (Å²) in [5.74, 6) is 0. The lowest BCUT2D eigenvalue weighted by atomic mass is 10.2. The van der Waals surface area contributed by atoms with Crippen molar-refractivity contribution >= 4 is 27.3 Å². The Hall–Kier alpha value is -1.81. The SMILES string of the molecule is Nc1cc(Br)c2nc(-c3ccccc3)cn2c1. The molecule has 0 saturated heterocycles. The first-order valence-corrected chi connectivity index (χ1v) is 6.02. The van der Waals surface area contributed by atoms with Crippen LogP contribution in [0.1, 0.15) is 0 Å². The molecule has 0 saturated carbocycles. The van der Waals surface area contributed by atoms with Crippen LogP contribution in [0.25, 0.3) is 16.9 Å². The van der Waals surface area contributed by atoms with E-state index >= 15 is 0 Å². The standard InChI is InChI=1S/C13H10BrN3/c14-11-6-10(15)7-17-8-12(16-13(11)17)9-4-2-1-3-5-9/h1-8H,15H2. The molecular weight excluding hydrogens is 278 g/mol. The zero-order valence-electron chi connectivity index (χ0n) is 8.97. The predicted octanol–water partition coefficient (Wildman–Crippen LogP) is 3.35. The van der Waals surface area contributed by atoms with Crippen LogP contribution < -0.4 is 5.73 Å². The molecule has 0 unspecified atom stereocenters. The van der Waals surface area contributed by atoms with Crippen molar-refractivity contribution in [2.45, 2.75) is 0 Å². The van der Waals surface area contributed by atoms with E-state index in [4.69, 9.17) is 5.73 Å². The smallest absolute Gasteiger partial charge is 0.151 e. The first-order chi connectivity index (χ1) is 8.24. The fourth-order valence-electron chi connectivity index (χ4n) is 1.83. The van der Waals surface area contributed by atoms with Gasteiger partial charge in [0.1, 0.15) is 0 Å². The lowest BCUT2D eigenvalue weighted by Gasteiger charge is -1.97. The van der Waals surface area contributed by atoms with Crippen molar-refractivity contribution in [3.63, 3.8) is 0 Å². The van der Waals surface area contributed by atoms with Gasteiger partial charge in [-0.25, -0.2) is 4.98 Å². The fraction of sp³-hybridized carbons (Fsp3) is 0. The number of fused-ring (bicyclic) bond motifs is 1. The molecule has 2 N–H and O–H groups in total. The van der Waals surface area contributed by atoms with E-state index in [9.17, 15) is 0 Å². The van der Waals surface area contributed by atoms with Crippen LogP contribution in [0.3, 0.4) is 0 Å². The molecule has 0 fully saturated rings. The topological polar surface area (TPSA) is 43.3 Å². The van der Waals surface area contributed by atoms with E-state index in [-0.39, 0.29) is 0 Å². The number of nitrogens with zero attached hydrogens (tertiary/aromatic N) is 2. The average Bonchev–Trinajstić information content (AvgIpc) is 2.74. The maximum Gasteiger partial charge on any atom is 0.151 e. The second-order valence-electron chi connectivity index (χ2n) is 3.84. The fourth-order valence-corrected chi connectivity index (χ4v) is 2.38. The molecule has 3 nitrogen and oxygen atoms in total. The van der Waals surface area contributed by atoms with Gasteiger partial charge >= 0.3 is 0 Å². The molecule has 0 aliphatic rings. The van der Waals surface area contributed by atoms with E-state index in [2.05, 4.69) is 20.9 Å². The van der Waals surface area contributed by atoms with Gasteiger partial charge in [0.25, 0.3) is 0 Å². The highest BCUT2D eigenvalue weighted by Gasteiger charge is 2.07. The molecule has 1 aromatic carbocycles. The molecule has 3 rings (SSSR count). The highest BCUT2D eigenvalue weighted by atomic mass is 79.9. The highest BCUT2D eigenvalue weighted by molar-refractivity contribution is 9.10. The average molecular weight is 288 g/mol. The minimum atomic E-state index is 0.710. The number of aromatic nitrogens is 2. The number of rotatable bonds is 1. The van der Waals surface area contributed by atoms with Crippen LogP contribution in [0.4, 0.5) is 5.69 Å². The van der Waals surface area contributed by atoms with Crippen LogP contribution in [0.2, 0.25) is 0 Å². The number of benzene rings is 1. The number of halogens is 1. The van der Waals surface area contributed by atoms with Crippen molar-refractivity contribution in [3.8, 4) is 11.3 Å². The van der Waals surface area contributed by atoms with Gasteiger partial charge in [0.2, 0.25) is 0 Å². The van der Waals surface area contributed by atoms with Crippen LogP contribution >= 0.6 is 15.9 Å². The summed E-state index contributed by atoms with van der Waals surface area (Å²) in [6.45, 7) is 0. The van der Waals surface area contributed by atoms with Gasteiger partial charge in [-0.15, -0.1) is 0 Å². The van der Waals surface area contributed by atoms with E-state index in [0.29, 0.717) is 5.69 Å². The van der Waals surface area contributed by atoms with Crippen LogP contribution in [-0.4, -0.2) is 9.38 Å². The second kappa shape index (κ2) is 3.89. The van der Waals surface area contributed by atoms with Gasteiger partial charge in [-0.1, -0.05) is 30.3 Å². The largest absolute Gasteiger partial charge is 0.397 e. The quantitative estimate of drug-likeness (QED) is 0.746. The Morgan fingerprint density at radius 1 is 1.12 bits per heavy atom. The molecular formula is C13H10BrN3. The number of nitrogen functional groups attached to an aromatic ring is 1. The molecule has 4 heteroatoms. The molecule has 3 aromatic rings. The highest BCUT2D eigenvalue weighted by Crippen LogP contribution is 2.24. The third-order valence-corrected chi connectivity index (χ3v) is 3.18. The van der Waals surface area contributed by atoms with E-state index in [0.717, 1.165) is 21.4 Å². The van der Waals surface area contributed by atoms with Crippen molar-refractivity contribution in [2.75, 3.05) is 5.73 Å². The van der Waals surface area contributed by atoms with Gasteiger partial charge in [0.05, 0.1) is 10.2 Å². The minimum Gasteiger partial charge on any atom is -0.397 e. The van der Waals surface area contributed by atoms with Gasteiger partial charge < -0.3 is 10.1 Å². The van der Waals surface area contributed by atoms with E-state index < -0.39 is 0 Å². The summed E-state index contributed by atoms with van der Waals surface area (Å²) in [5.41, 5.74) is 9.42. The molecule has 2 heterocycles. The molecule has 0 amide bonds. The van der Waals surface area contributed by atoms with Crippen LogP contribution in [-0.2, 0) is 0 Å². The van der Waals surface area contributed by atoms with Gasteiger partial charge in [-0.05, 0) is 22.0 Å².